The van der Waals surface area contributed by atoms with Gasteiger partial charge in [-0.15, -0.1) is 0 Å². The van der Waals surface area contributed by atoms with Crippen LogP contribution in [0, 0.1) is 0 Å². The van der Waals surface area contributed by atoms with Crippen LogP contribution >= 0.6 is 0 Å². The Balaban J connectivity index is 1.48. The summed E-state index contributed by atoms with van der Waals surface area (Å²) in [4.78, 5) is 16.0. The van der Waals surface area contributed by atoms with Crippen molar-refractivity contribution in [3.63, 3.8) is 0 Å². The van der Waals surface area contributed by atoms with Gasteiger partial charge < -0.3 is 20.1 Å². The van der Waals surface area contributed by atoms with Gasteiger partial charge in [0.1, 0.15) is 0 Å². The number of nitrogens with one attached hydrogen (secondary N) is 2. The molecule has 0 saturated carbocycles. The SMILES string of the molecule is O=C(CNCc1ccccn1)Nc1ccc2c(c1)OCO2. The number of anilines is 1. The molecular formula is C15H15N3O3. The number of ether oxygens (including phenoxy) is 2. The van der Waals surface area contributed by atoms with Crippen molar-refractivity contribution in [2.45, 2.75) is 6.54 Å². The maximum Gasteiger partial charge on any atom is 0.238 e. The number of amides is 1. The molecule has 0 unspecified atom stereocenters. The minimum absolute atomic E-state index is 0.121. The molecule has 1 aliphatic rings. The van der Waals surface area contributed by atoms with E-state index in [9.17, 15) is 4.79 Å². The fourth-order valence-corrected chi connectivity index (χ4v) is 1.99. The second-order valence-corrected chi connectivity index (χ2v) is 4.54. The first kappa shape index (κ1) is 13.4. The number of hydrogen-bond acceptors (Lipinski definition) is 5. The summed E-state index contributed by atoms with van der Waals surface area (Å²) >= 11 is 0. The minimum atomic E-state index is -0.121. The van der Waals surface area contributed by atoms with E-state index in [2.05, 4.69) is 15.6 Å². The number of fused-ring (bicyclic) bond motifs is 1. The lowest BCUT2D eigenvalue weighted by Crippen LogP contribution is -2.27. The Kier molecular flexibility index (Phi) is 3.97. The third kappa shape index (κ3) is 3.49. The fraction of sp³-hybridized carbons (Fsp3) is 0.200. The smallest absolute Gasteiger partial charge is 0.238 e. The average molecular weight is 285 g/mol. The van der Waals surface area contributed by atoms with E-state index in [0.29, 0.717) is 23.7 Å². The zero-order chi connectivity index (χ0) is 14.5. The first-order valence-electron chi connectivity index (χ1n) is 6.61. The van der Waals surface area contributed by atoms with Crippen LogP contribution in [0.15, 0.2) is 42.6 Å². The lowest BCUT2D eigenvalue weighted by molar-refractivity contribution is -0.115. The van der Waals surface area contributed by atoms with E-state index in [0.717, 1.165) is 5.69 Å². The molecule has 1 aliphatic heterocycles. The van der Waals surface area contributed by atoms with E-state index in [-0.39, 0.29) is 19.2 Å². The molecular weight excluding hydrogens is 270 g/mol. The van der Waals surface area contributed by atoms with Crippen molar-refractivity contribution >= 4 is 11.6 Å². The molecule has 1 amide bonds. The first-order valence-corrected chi connectivity index (χ1v) is 6.61. The van der Waals surface area contributed by atoms with Crippen molar-refractivity contribution in [1.82, 2.24) is 10.3 Å². The number of nitrogens with zero attached hydrogens (tertiary/aromatic N) is 1. The summed E-state index contributed by atoms with van der Waals surface area (Å²) in [5.74, 6) is 1.22. The highest BCUT2D eigenvalue weighted by molar-refractivity contribution is 5.92. The molecule has 3 rings (SSSR count). The Hall–Kier alpha value is -2.60. The third-order valence-electron chi connectivity index (χ3n) is 2.97. The maximum absolute atomic E-state index is 11.8. The topological polar surface area (TPSA) is 72.5 Å². The van der Waals surface area contributed by atoms with Crippen LogP contribution in [0.25, 0.3) is 0 Å². The van der Waals surface area contributed by atoms with Gasteiger partial charge in [-0.2, -0.15) is 0 Å². The van der Waals surface area contributed by atoms with E-state index < -0.39 is 0 Å². The molecule has 21 heavy (non-hydrogen) atoms. The van der Waals surface area contributed by atoms with Gasteiger partial charge >= 0.3 is 0 Å². The second kappa shape index (κ2) is 6.23. The molecule has 0 bridgehead atoms. The average Bonchev–Trinajstić information content (AvgIpc) is 2.96. The third-order valence-corrected chi connectivity index (χ3v) is 2.97. The minimum Gasteiger partial charge on any atom is -0.454 e. The van der Waals surface area contributed by atoms with E-state index in [1.54, 1.807) is 24.4 Å². The highest BCUT2D eigenvalue weighted by Gasteiger charge is 2.13. The van der Waals surface area contributed by atoms with E-state index in [4.69, 9.17) is 9.47 Å². The van der Waals surface area contributed by atoms with Crippen LogP contribution in [0.1, 0.15) is 5.69 Å². The van der Waals surface area contributed by atoms with Crippen LogP contribution in [-0.2, 0) is 11.3 Å². The summed E-state index contributed by atoms with van der Waals surface area (Å²) in [6.45, 7) is 0.985. The number of hydrogen-bond donors (Lipinski definition) is 2. The van der Waals surface area contributed by atoms with Crippen LogP contribution < -0.4 is 20.1 Å². The zero-order valence-electron chi connectivity index (χ0n) is 11.3. The summed E-state index contributed by atoms with van der Waals surface area (Å²) < 4.78 is 10.5. The van der Waals surface area contributed by atoms with Gasteiger partial charge in [0.15, 0.2) is 11.5 Å². The Morgan fingerprint density at radius 1 is 1.19 bits per heavy atom. The van der Waals surface area contributed by atoms with Gasteiger partial charge in [0.05, 0.1) is 12.2 Å². The number of carbonyl (C=O) groups is 1. The quantitative estimate of drug-likeness (QED) is 0.872. The van der Waals surface area contributed by atoms with Crippen molar-refractivity contribution in [3.8, 4) is 11.5 Å². The predicted molar refractivity (Wildman–Crippen MR) is 77.1 cm³/mol. The molecule has 2 aromatic rings. The number of carbonyl (C=O) groups excluding carboxylic acids is 1. The van der Waals surface area contributed by atoms with Gasteiger partial charge in [0.25, 0.3) is 0 Å². The zero-order valence-corrected chi connectivity index (χ0v) is 11.3. The first-order chi connectivity index (χ1) is 10.3. The number of pyridine rings is 1. The Labute approximate surface area is 122 Å². The van der Waals surface area contributed by atoms with Crippen LogP contribution in [0.4, 0.5) is 5.69 Å². The normalized spacial score (nSPS) is 12.2. The standard InChI is InChI=1S/C15H15N3O3/c19-15(9-16-8-12-3-1-2-6-17-12)18-11-4-5-13-14(7-11)21-10-20-13/h1-7,16H,8-10H2,(H,18,19). The highest BCUT2D eigenvalue weighted by Crippen LogP contribution is 2.34. The van der Waals surface area contributed by atoms with Crippen molar-refractivity contribution in [2.24, 2.45) is 0 Å². The molecule has 0 radical (unpaired) electrons. The Bertz CT molecular complexity index is 631. The van der Waals surface area contributed by atoms with Crippen LogP contribution in [0.5, 0.6) is 11.5 Å². The van der Waals surface area contributed by atoms with Gasteiger partial charge in [0.2, 0.25) is 12.7 Å². The number of aromatic nitrogens is 1. The lowest BCUT2D eigenvalue weighted by atomic mass is 10.2. The van der Waals surface area contributed by atoms with Gasteiger partial charge in [-0.05, 0) is 24.3 Å². The van der Waals surface area contributed by atoms with Crippen molar-refractivity contribution in [1.29, 1.82) is 0 Å². The van der Waals surface area contributed by atoms with Crippen molar-refractivity contribution in [3.05, 3.63) is 48.3 Å². The Morgan fingerprint density at radius 2 is 2.10 bits per heavy atom. The fourth-order valence-electron chi connectivity index (χ4n) is 1.99. The largest absolute Gasteiger partial charge is 0.454 e. The Morgan fingerprint density at radius 3 is 2.95 bits per heavy atom. The lowest BCUT2D eigenvalue weighted by Gasteiger charge is -2.07. The summed E-state index contributed by atoms with van der Waals surface area (Å²) in [5.41, 5.74) is 1.58. The molecule has 1 aromatic heterocycles. The summed E-state index contributed by atoms with van der Waals surface area (Å²) in [6, 6.07) is 11.0. The molecule has 1 aromatic carbocycles. The summed E-state index contributed by atoms with van der Waals surface area (Å²) in [6.07, 6.45) is 1.73. The van der Waals surface area contributed by atoms with Crippen molar-refractivity contribution < 1.29 is 14.3 Å². The molecule has 0 fully saturated rings. The second-order valence-electron chi connectivity index (χ2n) is 4.54. The predicted octanol–water partition coefficient (Wildman–Crippen LogP) is 1.54. The molecule has 0 aliphatic carbocycles. The van der Waals surface area contributed by atoms with E-state index in [1.807, 2.05) is 18.2 Å². The molecule has 108 valence electrons. The molecule has 0 saturated heterocycles. The highest BCUT2D eigenvalue weighted by atomic mass is 16.7. The van der Waals surface area contributed by atoms with Crippen LogP contribution in [0.3, 0.4) is 0 Å². The van der Waals surface area contributed by atoms with E-state index >= 15 is 0 Å². The van der Waals surface area contributed by atoms with Crippen molar-refractivity contribution in [2.75, 3.05) is 18.7 Å². The van der Waals surface area contributed by atoms with Gasteiger partial charge in [-0.3, -0.25) is 9.78 Å². The molecule has 2 N–H and O–H groups in total. The van der Waals surface area contributed by atoms with E-state index in [1.165, 1.54) is 0 Å². The number of rotatable bonds is 5. The van der Waals surface area contributed by atoms with Gasteiger partial charge in [-0.25, -0.2) is 0 Å². The molecule has 0 spiro atoms. The summed E-state index contributed by atoms with van der Waals surface area (Å²) in [7, 11) is 0. The summed E-state index contributed by atoms with van der Waals surface area (Å²) in [5, 5.41) is 5.84. The maximum atomic E-state index is 11.8. The monoisotopic (exact) mass is 285 g/mol. The molecule has 0 atom stereocenters. The van der Waals surface area contributed by atoms with Crippen LogP contribution in [0.2, 0.25) is 0 Å². The molecule has 2 heterocycles. The van der Waals surface area contributed by atoms with Gasteiger partial charge in [-0.1, -0.05) is 6.07 Å². The molecule has 6 heteroatoms. The number of benzene rings is 1. The molecule has 6 nitrogen and oxygen atoms in total. The van der Waals surface area contributed by atoms with Crippen LogP contribution in [-0.4, -0.2) is 24.2 Å². The van der Waals surface area contributed by atoms with Gasteiger partial charge in [0, 0.05) is 24.5 Å².